The van der Waals surface area contributed by atoms with Crippen molar-refractivity contribution in [2.45, 2.75) is 0 Å². The molecule has 0 aliphatic heterocycles. The summed E-state index contributed by atoms with van der Waals surface area (Å²) in [5, 5.41) is 0. The molecule has 0 N–H and O–H groups in total. The minimum absolute atomic E-state index is 0. The van der Waals surface area contributed by atoms with Crippen molar-refractivity contribution >= 4 is 39.6 Å². The molecule has 0 amide bonds. The minimum atomic E-state index is 0. The fourth-order valence-corrected chi connectivity index (χ4v) is 0. The monoisotopic (exact) mass is 192 g/mol. The Morgan fingerprint density at radius 3 is 0.400 bits per heavy atom. The third-order valence-corrected chi connectivity index (χ3v) is 0. The summed E-state index contributed by atoms with van der Waals surface area (Å²) in [6.45, 7) is 0. The largest absolute Gasteiger partial charge is 0.153 e. The van der Waals surface area contributed by atoms with Crippen LogP contribution in [0.1, 0.15) is 0 Å². The second-order valence-electron chi connectivity index (χ2n) is 0. The van der Waals surface area contributed by atoms with E-state index in [1.54, 1.807) is 0 Å². The molecular formula is H12FeP4. The Morgan fingerprint density at radius 2 is 0.400 bits per heavy atom. The van der Waals surface area contributed by atoms with Gasteiger partial charge in [0.15, 0.2) is 0 Å². The van der Waals surface area contributed by atoms with Crippen molar-refractivity contribution in [3.8, 4) is 0 Å². The average molecular weight is 192 g/mol. The van der Waals surface area contributed by atoms with Gasteiger partial charge in [0, 0.05) is 17.1 Å². The van der Waals surface area contributed by atoms with Gasteiger partial charge < -0.3 is 0 Å². The van der Waals surface area contributed by atoms with Crippen LogP contribution >= 0.6 is 39.6 Å². The van der Waals surface area contributed by atoms with E-state index in [4.69, 9.17) is 0 Å². The van der Waals surface area contributed by atoms with Gasteiger partial charge in [-0.25, -0.2) is 0 Å². The van der Waals surface area contributed by atoms with Gasteiger partial charge in [0.2, 0.25) is 0 Å². The molecule has 0 heterocycles. The second kappa shape index (κ2) is 34.2. The quantitative estimate of drug-likeness (QED) is 0.380. The number of hydrogen-bond donors (Lipinski definition) is 0. The molecule has 0 nitrogen and oxygen atoms in total. The second-order valence-corrected chi connectivity index (χ2v) is 0. The van der Waals surface area contributed by atoms with Crippen molar-refractivity contribution in [2.24, 2.45) is 0 Å². The summed E-state index contributed by atoms with van der Waals surface area (Å²) >= 11 is 0. The molecule has 0 bridgehead atoms. The number of hydrogen-bond acceptors (Lipinski definition) is 0. The Labute approximate surface area is 57.0 Å². The van der Waals surface area contributed by atoms with Gasteiger partial charge in [-0.1, -0.05) is 0 Å². The summed E-state index contributed by atoms with van der Waals surface area (Å²) < 4.78 is 0. The topological polar surface area (TPSA) is 0 Å². The molecule has 4 atom stereocenters. The van der Waals surface area contributed by atoms with Crippen LogP contribution in [0.5, 0.6) is 0 Å². The van der Waals surface area contributed by atoms with Gasteiger partial charge in [-0.15, -0.1) is 0 Å². The molecule has 0 aromatic carbocycles. The molecule has 0 aromatic heterocycles. The fourth-order valence-electron chi connectivity index (χ4n) is 0. The van der Waals surface area contributed by atoms with Crippen LogP contribution in [0.2, 0.25) is 0 Å². The van der Waals surface area contributed by atoms with Crippen LogP contribution in [0, 0.1) is 0 Å². The van der Waals surface area contributed by atoms with Gasteiger partial charge in [-0.3, -0.25) is 0 Å². The molecule has 0 saturated heterocycles. The molecule has 0 aliphatic rings. The molecule has 0 aromatic rings. The standard InChI is InChI=1S/Fe.4H3P/h;4*1H3. The molecule has 5 heavy (non-hydrogen) atoms. The molecule has 0 rings (SSSR count). The maximum atomic E-state index is 0. The van der Waals surface area contributed by atoms with Crippen LogP contribution in [0.3, 0.4) is 0 Å². The summed E-state index contributed by atoms with van der Waals surface area (Å²) in [6.07, 6.45) is 0. The first-order valence-electron chi connectivity index (χ1n) is 0. The van der Waals surface area contributed by atoms with Gasteiger partial charge in [0.05, 0.1) is 0 Å². The van der Waals surface area contributed by atoms with Gasteiger partial charge >= 0.3 is 0 Å². The first-order valence-corrected chi connectivity index (χ1v) is 0. The zero-order valence-electron chi connectivity index (χ0n) is 3.18. The van der Waals surface area contributed by atoms with Gasteiger partial charge in [-0.2, -0.15) is 39.6 Å². The van der Waals surface area contributed by atoms with Crippen molar-refractivity contribution in [3.63, 3.8) is 0 Å². The average Bonchev–Trinajstić information content (AvgIpc) is 0. The Hall–Kier alpha value is 2.24. The van der Waals surface area contributed by atoms with Crippen LogP contribution in [0.15, 0.2) is 0 Å². The molecule has 5 heteroatoms. The van der Waals surface area contributed by atoms with Crippen molar-refractivity contribution in [3.05, 3.63) is 0 Å². The Balaban J connectivity index is 0. The Bertz CT molecular complexity index is 3.61. The van der Waals surface area contributed by atoms with Crippen LogP contribution in [-0.4, -0.2) is 0 Å². The predicted molar refractivity (Wildman–Crippen MR) is 44.4 cm³/mol. The molecule has 40 valence electrons. The number of rotatable bonds is 0. The molecule has 0 fully saturated rings. The van der Waals surface area contributed by atoms with E-state index in [-0.39, 0.29) is 56.7 Å². The first kappa shape index (κ1) is 56.2. The van der Waals surface area contributed by atoms with Crippen LogP contribution < -0.4 is 0 Å². The smallest absolute Gasteiger partial charge is 0 e. The van der Waals surface area contributed by atoms with E-state index in [0.717, 1.165) is 0 Å². The Kier molecular flexibility index (Phi) is 384. The van der Waals surface area contributed by atoms with E-state index in [2.05, 4.69) is 0 Å². The van der Waals surface area contributed by atoms with Gasteiger partial charge in [0.25, 0.3) is 0 Å². The van der Waals surface area contributed by atoms with E-state index < -0.39 is 0 Å². The maximum absolute atomic E-state index is 0. The third kappa shape index (κ3) is 22.4. The summed E-state index contributed by atoms with van der Waals surface area (Å²) in [7, 11) is 0. The molecule has 0 spiro atoms. The normalized spacial score (nSPS) is 0. The van der Waals surface area contributed by atoms with E-state index >= 15 is 0 Å². The summed E-state index contributed by atoms with van der Waals surface area (Å²) in [4.78, 5) is 0. The third-order valence-electron chi connectivity index (χ3n) is 0. The van der Waals surface area contributed by atoms with Crippen molar-refractivity contribution in [2.75, 3.05) is 0 Å². The zero-order chi connectivity index (χ0) is 0. The maximum Gasteiger partial charge on any atom is 0 e. The summed E-state index contributed by atoms with van der Waals surface area (Å²) in [5.74, 6) is 0. The van der Waals surface area contributed by atoms with Crippen molar-refractivity contribution in [1.29, 1.82) is 0 Å². The predicted octanol–water partition coefficient (Wildman–Crippen LogP) is 0.230. The van der Waals surface area contributed by atoms with Crippen LogP contribution in [-0.2, 0) is 17.1 Å². The van der Waals surface area contributed by atoms with Crippen LogP contribution in [0.4, 0.5) is 0 Å². The molecule has 0 saturated carbocycles. The SMILES string of the molecule is P.P.P.P.[Fe]. The summed E-state index contributed by atoms with van der Waals surface area (Å²) in [6, 6.07) is 0. The zero-order valence-corrected chi connectivity index (χ0v) is 9.94. The molecule has 0 radical (unpaired) electrons. The van der Waals surface area contributed by atoms with E-state index in [1.807, 2.05) is 0 Å². The van der Waals surface area contributed by atoms with Crippen molar-refractivity contribution in [1.82, 2.24) is 0 Å². The molecule has 4 unspecified atom stereocenters. The minimum Gasteiger partial charge on any atom is -0.153 e. The van der Waals surface area contributed by atoms with E-state index in [1.165, 1.54) is 0 Å². The Morgan fingerprint density at radius 1 is 0.400 bits per heavy atom. The fraction of sp³-hybridized carbons (Fsp3) is 0. The van der Waals surface area contributed by atoms with Crippen molar-refractivity contribution < 1.29 is 17.1 Å². The van der Waals surface area contributed by atoms with E-state index in [9.17, 15) is 0 Å². The van der Waals surface area contributed by atoms with Gasteiger partial charge in [0.1, 0.15) is 0 Å². The molecular weight excluding hydrogens is 180 g/mol. The van der Waals surface area contributed by atoms with Crippen LogP contribution in [0.25, 0.3) is 0 Å². The first-order chi connectivity index (χ1) is 0. The molecule has 0 aliphatic carbocycles. The summed E-state index contributed by atoms with van der Waals surface area (Å²) in [5.41, 5.74) is 0. The van der Waals surface area contributed by atoms with E-state index in [0.29, 0.717) is 0 Å². The van der Waals surface area contributed by atoms with Gasteiger partial charge in [-0.05, 0) is 0 Å².